The summed E-state index contributed by atoms with van der Waals surface area (Å²) in [4.78, 5) is 17.7. The molecule has 0 aliphatic carbocycles. The van der Waals surface area contributed by atoms with Gasteiger partial charge in [0.15, 0.2) is 17.3 Å². The molecule has 0 bridgehead atoms. The number of nitrogens with one attached hydrogen (secondary N) is 1. The SMILES string of the molecule is Cc1cc2nc(-c3nonc3N)n(CC(=O)Nc3cccc4ccccc34)c2cc1C. The molecule has 0 unspecified atom stereocenters. The normalized spacial score (nSPS) is 11.3. The predicted molar refractivity (Wildman–Crippen MR) is 119 cm³/mol. The number of benzene rings is 3. The van der Waals surface area contributed by atoms with Gasteiger partial charge in [-0.15, -0.1) is 0 Å². The summed E-state index contributed by atoms with van der Waals surface area (Å²) in [7, 11) is 0. The summed E-state index contributed by atoms with van der Waals surface area (Å²) >= 11 is 0. The van der Waals surface area contributed by atoms with E-state index in [1.165, 1.54) is 0 Å². The molecule has 0 radical (unpaired) electrons. The fourth-order valence-corrected chi connectivity index (χ4v) is 3.74. The number of anilines is 2. The Bertz CT molecular complexity index is 1440. The zero-order valence-corrected chi connectivity index (χ0v) is 17.1. The van der Waals surface area contributed by atoms with E-state index in [-0.39, 0.29) is 18.3 Å². The van der Waals surface area contributed by atoms with Crippen LogP contribution in [0.3, 0.4) is 0 Å². The molecule has 154 valence electrons. The van der Waals surface area contributed by atoms with Crippen molar-refractivity contribution in [3.63, 3.8) is 0 Å². The van der Waals surface area contributed by atoms with E-state index in [1.54, 1.807) is 4.57 Å². The Hall–Kier alpha value is -4.20. The maximum atomic E-state index is 13.1. The van der Waals surface area contributed by atoms with Gasteiger partial charge in [-0.25, -0.2) is 9.61 Å². The molecule has 2 heterocycles. The standard InChI is InChI=1S/C23H20N6O2/c1-13-10-18-19(11-14(13)2)29(23(26-18)21-22(24)28-31-27-21)12-20(30)25-17-9-5-7-15-6-3-4-8-16(15)17/h3-11H,12H2,1-2H3,(H2,24,28)(H,25,30). The van der Waals surface area contributed by atoms with Gasteiger partial charge in [-0.05, 0) is 58.9 Å². The van der Waals surface area contributed by atoms with Crippen LogP contribution in [0.2, 0.25) is 0 Å². The van der Waals surface area contributed by atoms with Crippen molar-refractivity contribution in [1.29, 1.82) is 0 Å². The lowest BCUT2D eigenvalue weighted by molar-refractivity contribution is -0.116. The Balaban J connectivity index is 1.57. The summed E-state index contributed by atoms with van der Waals surface area (Å²) in [5, 5.41) is 12.6. The molecule has 5 aromatic rings. The fraction of sp³-hybridized carbons (Fsp3) is 0.130. The molecule has 1 amide bonds. The van der Waals surface area contributed by atoms with Crippen LogP contribution in [0.4, 0.5) is 11.5 Å². The number of imidazole rings is 1. The maximum absolute atomic E-state index is 13.1. The minimum atomic E-state index is -0.190. The van der Waals surface area contributed by atoms with Gasteiger partial charge in [0.1, 0.15) is 6.54 Å². The van der Waals surface area contributed by atoms with E-state index in [4.69, 9.17) is 10.4 Å². The number of rotatable bonds is 4. The summed E-state index contributed by atoms with van der Waals surface area (Å²) in [6.45, 7) is 4.07. The van der Waals surface area contributed by atoms with Crippen LogP contribution >= 0.6 is 0 Å². The molecule has 0 saturated carbocycles. The number of carbonyl (C=O) groups is 1. The van der Waals surface area contributed by atoms with Crippen LogP contribution in [-0.4, -0.2) is 25.8 Å². The number of fused-ring (bicyclic) bond motifs is 2. The number of nitrogens with zero attached hydrogens (tertiary/aromatic N) is 4. The summed E-state index contributed by atoms with van der Waals surface area (Å²) in [5.74, 6) is 0.372. The summed E-state index contributed by atoms with van der Waals surface area (Å²) in [5.41, 5.74) is 10.7. The van der Waals surface area contributed by atoms with E-state index in [2.05, 4.69) is 20.6 Å². The van der Waals surface area contributed by atoms with Crippen molar-refractivity contribution >= 4 is 39.2 Å². The van der Waals surface area contributed by atoms with Gasteiger partial charge in [0.25, 0.3) is 0 Å². The zero-order chi connectivity index (χ0) is 21.5. The highest BCUT2D eigenvalue weighted by Gasteiger charge is 2.21. The topological polar surface area (TPSA) is 112 Å². The van der Waals surface area contributed by atoms with Gasteiger partial charge in [0, 0.05) is 11.1 Å². The van der Waals surface area contributed by atoms with Crippen LogP contribution in [0.1, 0.15) is 11.1 Å². The number of hydrogen-bond donors (Lipinski definition) is 2. The fourth-order valence-electron chi connectivity index (χ4n) is 3.74. The average Bonchev–Trinajstić information content (AvgIpc) is 3.32. The highest BCUT2D eigenvalue weighted by atomic mass is 16.6. The number of aromatic nitrogens is 4. The van der Waals surface area contributed by atoms with Crippen LogP contribution in [0, 0.1) is 13.8 Å². The van der Waals surface area contributed by atoms with Crippen LogP contribution in [0.15, 0.2) is 59.2 Å². The third-order valence-corrected chi connectivity index (χ3v) is 5.45. The number of nitrogens with two attached hydrogens (primary N) is 1. The number of aryl methyl sites for hydroxylation is 2. The number of amides is 1. The van der Waals surface area contributed by atoms with Gasteiger partial charge in [-0.1, -0.05) is 36.4 Å². The number of nitrogen functional groups attached to an aromatic ring is 1. The van der Waals surface area contributed by atoms with Gasteiger partial charge in [0.05, 0.1) is 11.0 Å². The first-order valence-corrected chi connectivity index (χ1v) is 9.85. The quantitative estimate of drug-likeness (QED) is 0.460. The average molecular weight is 412 g/mol. The Labute approximate surface area is 177 Å². The second-order valence-corrected chi connectivity index (χ2v) is 7.52. The van der Waals surface area contributed by atoms with Crippen molar-refractivity contribution in [3.05, 3.63) is 65.7 Å². The van der Waals surface area contributed by atoms with E-state index in [9.17, 15) is 4.79 Å². The first-order chi connectivity index (χ1) is 15.0. The lowest BCUT2D eigenvalue weighted by Gasteiger charge is -2.11. The van der Waals surface area contributed by atoms with Gasteiger partial charge in [0.2, 0.25) is 5.91 Å². The Kier molecular flexibility index (Phi) is 4.39. The van der Waals surface area contributed by atoms with Crippen molar-refractivity contribution in [1.82, 2.24) is 19.9 Å². The van der Waals surface area contributed by atoms with Crippen LogP contribution in [-0.2, 0) is 11.3 Å². The van der Waals surface area contributed by atoms with E-state index in [1.807, 2.05) is 68.4 Å². The molecular weight excluding hydrogens is 392 g/mol. The highest BCUT2D eigenvalue weighted by molar-refractivity contribution is 6.02. The molecule has 0 spiro atoms. The lowest BCUT2D eigenvalue weighted by atomic mass is 10.1. The minimum Gasteiger partial charge on any atom is -0.379 e. The summed E-state index contributed by atoms with van der Waals surface area (Å²) in [6, 6.07) is 17.7. The molecule has 8 heteroatoms. The summed E-state index contributed by atoms with van der Waals surface area (Å²) < 4.78 is 6.56. The second-order valence-electron chi connectivity index (χ2n) is 7.52. The first kappa shape index (κ1) is 18.8. The van der Waals surface area contributed by atoms with E-state index < -0.39 is 0 Å². The van der Waals surface area contributed by atoms with Crippen LogP contribution in [0.25, 0.3) is 33.3 Å². The summed E-state index contributed by atoms with van der Waals surface area (Å²) in [6.07, 6.45) is 0. The molecule has 5 rings (SSSR count). The van der Waals surface area contributed by atoms with Gasteiger partial charge in [-0.2, -0.15) is 0 Å². The third-order valence-electron chi connectivity index (χ3n) is 5.45. The Morgan fingerprint density at radius 2 is 1.84 bits per heavy atom. The van der Waals surface area contributed by atoms with Crippen molar-refractivity contribution < 1.29 is 9.42 Å². The molecule has 0 fully saturated rings. The lowest BCUT2D eigenvalue weighted by Crippen LogP contribution is -2.19. The molecule has 2 aromatic heterocycles. The van der Waals surface area contributed by atoms with E-state index >= 15 is 0 Å². The molecule has 0 aliphatic heterocycles. The molecule has 0 aliphatic rings. The zero-order valence-electron chi connectivity index (χ0n) is 17.1. The van der Waals surface area contributed by atoms with Crippen LogP contribution < -0.4 is 11.1 Å². The number of hydrogen-bond acceptors (Lipinski definition) is 6. The molecule has 0 atom stereocenters. The third kappa shape index (κ3) is 3.28. The molecular formula is C23H20N6O2. The van der Waals surface area contributed by atoms with Crippen molar-refractivity contribution in [2.45, 2.75) is 20.4 Å². The highest BCUT2D eigenvalue weighted by Crippen LogP contribution is 2.29. The maximum Gasteiger partial charge on any atom is 0.244 e. The van der Waals surface area contributed by atoms with Crippen molar-refractivity contribution in [2.24, 2.45) is 0 Å². The van der Waals surface area contributed by atoms with Crippen molar-refractivity contribution in [2.75, 3.05) is 11.1 Å². The van der Waals surface area contributed by atoms with Gasteiger partial charge in [-0.3, -0.25) is 4.79 Å². The first-order valence-electron chi connectivity index (χ1n) is 9.85. The Morgan fingerprint density at radius 1 is 1.06 bits per heavy atom. The Morgan fingerprint density at radius 3 is 2.65 bits per heavy atom. The number of carbonyl (C=O) groups excluding carboxylic acids is 1. The van der Waals surface area contributed by atoms with E-state index in [0.717, 1.165) is 38.6 Å². The van der Waals surface area contributed by atoms with Crippen molar-refractivity contribution in [3.8, 4) is 11.5 Å². The molecule has 0 saturated heterocycles. The predicted octanol–water partition coefficient (Wildman–Crippen LogP) is 4.08. The monoisotopic (exact) mass is 412 g/mol. The molecule has 3 aromatic carbocycles. The molecule has 8 nitrogen and oxygen atoms in total. The van der Waals surface area contributed by atoms with Crippen LogP contribution in [0.5, 0.6) is 0 Å². The molecule has 31 heavy (non-hydrogen) atoms. The minimum absolute atomic E-state index is 0.0316. The van der Waals surface area contributed by atoms with E-state index in [0.29, 0.717) is 11.5 Å². The largest absolute Gasteiger partial charge is 0.379 e. The second kappa shape index (κ2) is 7.24. The van der Waals surface area contributed by atoms with Gasteiger partial charge < -0.3 is 15.6 Å². The molecule has 3 N–H and O–H groups in total. The van der Waals surface area contributed by atoms with Gasteiger partial charge >= 0.3 is 0 Å². The smallest absolute Gasteiger partial charge is 0.244 e.